The highest BCUT2D eigenvalue weighted by atomic mass is 79.9. The molecule has 0 aliphatic heterocycles. The molecule has 12 heteroatoms. The Balaban J connectivity index is 0.000000541. The number of nitrogens with zero attached hydrogens (tertiary/aromatic N) is 1. The van der Waals surface area contributed by atoms with Gasteiger partial charge in [0.15, 0.2) is 12.6 Å². The third-order valence-electron chi connectivity index (χ3n) is 3.78. The lowest BCUT2D eigenvalue weighted by Crippen LogP contribution is -2.36. The van der Waals surface area contributed by atoms with E-state index in [4.69, 9.17) is 24.7 Å². The SMILES string of the molecule is COC(CN)OC.COC(CNC(=O)Nc1ccc(Br)cc1)OC.O=C=Nc1ccc(Br)cc1. The average molecular weight is 606 g/mol. The molecule has 10 nitrogen and oxygen atoms in total. The standard InChI is InChI=1S/C11H15BrN2O3.C7H4BrNO.C4H11NO2/c1-16-10(17-2)7-13-11(15)14-9-5-3-8(12)4-6-9;8-6-1-3-7(4-2-6)9-5-10;1-6-4(3-5)7-2/h3-6,10H,7H2,1-2H3,(H2,13,14,15);1-4H;4H,3,5H2,1-2H3. The van der Waals surface area contributed by atoms with E-state index in [0.717, 1.165) is 14.6 Å². The molecule has 0 aliphatic rings. The van der Waals surface area contributed by atoms with E-state index in [1.807, 2.05) is 24.3 Å². The number of nitrogens with one attached hydrogen (secondary N) is 2. The van der Waals surface area contributed by atoms with Gasteiger partial charge in [0.05, 0.1) is 12.2 Å². The number of isocyanates is 1. The van der Waals surface area contributed by atoms with Crippen molar-refractivity contribution in [1.29, 1.82) is 0 Å². The van der Waals surface area contributed by atoms with Gasteiger partial charge in [0.2, 0.25) is 6.08 Å². The Kier molecular flexibility index (Phi) is 19.0. The van der Waals surface area contributed by atoms with Crippen molar-refractivity contribution in [3.05, 3.63) is 57.5 Å². The number of rotatable bonds is 9. The summed E-state index contributed by atoms with van der Waals surface area (Å²) in [6, 6.07) is 14.1. The van der Waals surface area contributed by atoms with Gasteiger partial charge in [-0.3, -0.25) is 0 Å². The first kappa shape index (κ1) is 31.9. The normalized spacial score (nSPS) is 9.79. The van der Waals surface area contributed by atoms with Gasteiger partial charge in [0.25, 0.3) is 0 Å². The summed E-state index contributed by atoms with van der Waals surface area (Å²) in [6.07, 6.45) is 0.788. The molecule has 2 aromatic carbocycles. The van der Waals surface area contributed by atoms with Crippen LogP contribution >= 0.6 is 31.9 Å². The molecule has 0 spiro atoms. The second-order valence-electron chi connectivity index (χ2n) is 6.06. The fraction of sp³-hybridized carbons (Fsp3) is 0.364. The van der Waals surface area contributed by atoms with Crippen LogP contribution in [0.15, 0.2) is 62.5 Å². The molecular formula is C22H30Br2N4O6. The summed E-state index contributed by atoms with van der Waals surface area (Å²) in [7, 11) is 6.15. The molecule has 0 fully saturated rings. The molecular weight excluding hydrogens is 576 g/mol. The van der Waals surface area contributed by atoms with E-state index in [1.54, 1.807) is 38.5 Å². The third-order valence-corrected chi connectivity index (χ3v) is 4.83. The second-order valence-corrected chi connectivity index (χ2v) is 7.89. The molecule has 0 saturated carbocycles. The summed E-state index contributed by atoms with van der Waals surface area (Å²) >= 11 is 6.58. The highest BCUT2D eigenvalue weighted by Crippen LogP contribution is 2.15. The van der Waals surface area contributed by atoms with Crippen LogP contribution in [0, 0.1) is 0 Å². The minimum Gasteiger partial charge on any atom is -0.355 e. The number of amides is 2. The molecule has 188 valence electrons. The zero-order valence-electron chi connectivity index (χ0n) is 19.4. The number of ether oxygens (including phenoxy) is 4. The quantitative estimate of drug-likeness (QED) is 0.222. The molecule has 0 bridgehead atoms. The minimum absolute atomic E-state index is 0.236. The maximum atomic E-state index is 11.5. The van der Waals surface area contributed by atoms with Crippen molar-refractivity contribution in [3.63, 3.8) is 0 Å². The Morgan fingerprint density at radius 2 is 1.38 bits per heavy atom. The lowest BCUT2D eigenvalue weighted by atomic mass is 10.3. The third kappa shape index (κ3) is 15.6. The number of carbonyl (C=O) groups is 1. The Morgan fingerprint density at radius 3 is 1.76 bits per heavy atom. The number of nitrogens with two attached hydrogens (primary N) is 1. The number of benzene rings is 2. The predicted octanol–water partition coefficient (Wildman–Crippen LogP) is 4.17. The highest BCUT2D eigenvalue weighted by molar-refractivity contribution is 9.10. The van der Waals surface area contributed by atoms with Gasteiger partial charge in [-0.05, 0) is 48.5 Å². The average Bonchev–Trinajstić information content (AvgIpc) is 2.85. The van der Waals surface area contributed by atoms with Gasteiger partial charge >= 0.3 is 6.03 Å². The Labute approximate surface area is 216 Å². The molecule has 2 aromatic rings. The van der Waals surface area contributed by atoms with Crippen LogP contribution in [-0.2, 0) is 23.7 Å². The minimum atomic E-state index is -0.439. The van der Waals surface area contributed by atoms with Gasteiger partial charge in [-0.25, -0.2) is 9.59 Å². The zero-order chi connectivity index (χ0) is 25.8. The molecule has 4 N–H and O–H groups in total. The van der Waals surface area contributed by atoms with Crippen molar-refractivity contribution in [3.8, 4) is 0 Å². The maximum Gasteiger partial charge on any atom is 0.319 e. The number of anilines is 1. The van der Waals surface area contributed by atoms with Gasteiger partial charge in [-0.2, -0.15) is 4.99 Å². The molecule has 0 radical (unpaired) electrons. The van der Waals surface area contributed by atoms with Crippen LogP contribution in [0.3, 0.4) is 0 Å². The summed E-state index contributed by atoms with van der Waals surface area (Å²) in [4.78, 5) is 24.7. The van der Waals surface area contributed by atoms with Crippen LogP contribution in [0.2, 0.25) is 0 Å². The van der Waals surface area contributed by atoms with Crippen LogP contribution < -0.4 is 16.4 Å². The van der Waals surface area contributed by atoms with Crippen molar-refractivity contribution >= 4 is 55.3 Å². The molecule has 2 amide bonds. The van der Waals surface area contributed by atoms with E-state index in [1.165, 1.54) is 20.3 Å². The number of hydrogen-bond acceptors (Lipinski definition) is 8. The van der Waals surface area contributed by atoms with Gasteiger partial charge in [0.1, 0.15) is 0 Å². The van der Waals surface area contributed by atoms with Crippen molar-refractivity contribution < 1.29 is 28.5 Å². The first-order valence-corrected chi connectivity index (χ1v) is 11.4. The van der Waals surface area contributed by atoms with Gasteiger partial charge in [0, 0.05) is 49.6 Å². The molecule has 0 aromatic heterocycles. The number of aliphatic imine (C=N–C) groups is 1. The van der Waals surface area contributed by atoms with Crippen LogP contribution in [-0.4, -0.2) is 66.2 Å². The molecule has 0 aliphatic carbocycles. The lowest BCUT2D eigenvalue weighted by Gasteiger charge is -2.14. The van der Waals surface area contributed by atoms with Crippen molar-refractivity contribution in [2.24, 2.45) is 10.7 Å². The lowest BCUT2D eigenvalue weighted by molar-refractivity contribution is -0.0970. The molecule has 0 atom stereocenters. The van der Waals surface area contributed by atoms with E-state index < -0.39 is 6.29 Å². The topological polar surface area (TPSA) is 134 Å². The number of carbonyl (C=O) groups excluding carboxylic acids is 2. The summed E-state index contributed by atoms with van der Waals surface area (Å²) in [6.45, 7) is 0.697. The first-order valence-electron chi connectivity index (χ1n) is 9.78. The smallest absolute Gasteiger partial charge is 0.319 e. The van der Waals surface area contributed by atoms with Crippen molar-refractivity contribution in [2.45, 2.75) is 12.6 Å². The van der Waals surface area contributed by atoms with E-state index in [-0.39, 0.29) is 18.9 Å². The summed E-state index contributed by atoms with van der Waals surface area (Å²) in [5.41, 5.74) is 6.49. The van der Waals surface area contributed by atoms with Gasteiger partial charge in [-0.15, -0.1) is 0 Å². The maximum absolute atomic E-state index is 11.5. The van der Waals surface area contributed by atoms with Crippen molar-refractivity contribution in [2.75, 3.05) is 46.8 Å². The summed E-state index contributed by atoms with van der Waals surface area (Å²) in [5.74, 6) is 0. The second kappa shape index (κ2) is 20.2. The largest absolute Gasteiger partial charge is 0.355 e. The van der Waals surface area contributed by atoms with Crippen molar-refractivity contribution in [1.82, 2.24) is 5.32 Å². The molecule has 0 saturated heterocycles. The fourth-order valence-corrected chi connectivity index (χ4v) is 2.53. The first-order chi connectivity index (χ1) is 16.3. The summed E-state index contributed by atoms with van der Waals surface area (Å²) in [5, 5.41) is 5.33. The fourth-order valence-electron chi connectivity index (χ4n) is 2.00. The van der Waals surface area contributed by atoms with Crippen LogP contribution in [0.5, 0.6) is 0 Å². The molecule has 0 unspecified atom stereocenters. The number of urea groups is 1. The van der Waals surface area contributed by atoms with E-state index in [9.17, 15) is 9.59 Å². The van der Waals surface area contributed by atoms with E-state index in [0.29, 0.717) is 12.2 Å². The van der Waals surface area contributed by atoms with E-state index >= 15 is 0 Å². The molecule has 0 heterocycles. The number of halogens is 2. The highest BCUT2D eigenvalue weighted by Gasteiger charge is 2.07. The number of hydrogen-bond donors (Lipinski definition) is 3. The Morgan fingerprint density at radius 1 is 0.912 bits per heavy atom. The zero-order valence-corrected chi connectivity index (χ0v) is 22.6. The van der Waals surface area contributed by atoms with Crippen LogP contribution in [0.1, 0.15) is 0 Å². The number of methoxy groups -OCH3 is 4. The monoisotopic (exact) mass is 604 g/mol. The predicted molar refractivity (Wildman–Crippen MR) is 138 cm³/mol. The summed E-state index contributed by atoms with van der Waals surface area (Å²) < 4.78 is 21.2. The van der Waals surface area contributed by atoms with Crippen LogP contribution in [0.4, 0.5) is 16.2 Å². The van der Waals surface area contributed by atoms with Gasteiger partial charge < -0.3 is 35.3 Å². The Bertz CT molecular complexity index is 836. The molecule has 2 rings (SSSR count). The van der Waals surface area contributed by atoms with Crippen LogP contribution in [0.25, 0.3) is 0 Å². The Hall–Kier alpha value is -2.15. The molecule has 34 heavy (non-hydrogen) atoms. The van der Waals surface area contributed by atoms with E-state index in [2.05, 4.69) is 47.5 Å². The van der Waals surface area contributed by atoms with Gasteiger partial charge in [-0.1, -0.05) is 31.9 Å².